The maximum absolute atomic E-state index is 13.0. The monoisotopic (exact) mass is 375 g/mol. The number of rotatable bonds is 7. The van der Waals surface area contributed by atoms with Gasteiger partial charge in [-0.25, -0.2) is 0 Å². The molecule has 0 bridgehead atoms. The van der Waals surface area contributed by atoms with Gasteiger partial charge in [0.05, 0.1) is 6.04 Å². The van der Waals surface area contributed by atoms with Crippen LogP contribution in [0.3, 0.4) is 0 Å². The lowest BCUT2D eigenvalue weighted by molar-refractivity contribution is -0.128. The summed E-state index contributed by atoms with van der Waals surface area (Å²) in [5.74, 6) is 0.680. The van der Waals surface area contributed by atoms with Crippen molar-refractivity contribution in [2.45, 2.75) is 52.7 Å². The van der Waals surface area contributed by atoms with Gasteiger partial charge in [-0.1, -0.05) is 68.4 Å². The smallest absolute Gasteiger partial charge is 0.261 e. The maximum atomic E-state index is 13.0. The van der Waals surface area contributed by atoms with Crippen LogP contribution in [-0.2, 0) is 4.79 Å². The first-order valence-corrected chi connectivity index (χ1v) is 10.1. The summed E-state index contributed by atoms with van der Waals surface area (Å²) in [7, 11) is 0. The normalized spacial score (nSPS) is 13.1. The lowest BCUT2D eigenvalue weighted by atomic mass is 9.99. The lowest BCUT2D eigenvalue weighted by Crippen LogP contribution is -2.40. The fourth-order valence-electron chi connectivity index (χ4n) is 3.44. The standard InChI is InChI=1S/C25H29NO2/c1-5-22(20-15-14-17(3)18(4)16-20)26-25(27)23(6-2)28-24-13-9-11-19-10-7-8-12-21(19)24/h7-16,22-23H,5-6H2,1-4H3,(H,26,27)/t22-,23+/m0/s1. The van der Waals surface area contributed by atoms with Gasteiger partial charge in [0.15, 0.2) is 6.10 Å². The predicted octanol–water partition coefficient (Wildman–Crippen LogP) is 5.88. The van der Waals surface area contributed by atoms with Crippen molar-refractivity contribution in [1.29, 1.82) is 0 Å². The fraction of sp³-hybridized carbons (Fsp3) is 0.320. The molecule has 0 aliphatic carbocycles. The lowest BCUT2D eigenvalue weighted by Gasteiger charge is -2.23. The topological polar surface area (TPSA) is 38.3 Å². The molecule has 1 amide bonds. The van der Waals surface area contributed by atoms with Crippen LogP contribution in [0.25, 0.3) is 10.8 Å². The number of hydrogen-bond donors (Lipinski definition) is 1. The van der Waals surface area contributed by atoms with E-state index in [2.05, 4.69) is 56.4 Å². The molecule has 0 radical (unpaired) electrons. The molecule has 3 aromatic rings. The van der Waals surface area contributed by atoms with Crippen LogP contribution in [0, 0.1) is 13.8 Å². The molecular weight excluding hydrogens is 346 g/mol. The van der Waals surface area contributed by atoms with Crippen LogP contribution in [0.4, 0.5) is 0 Å². The number of carbonyl (C=O) groups is 1. The third-order valence-corrected chi connectivity index (χ3v) is 5.34. The minimum absolute atomic E-state index is 0.0167. The Morgan fingerprint density at radius 2 is 1.68 bits per heavy atom. The highest BCUT2D eigenvalue weighted by Gasteiger charge is 2.22. The summed E-state index contributed by atoms with van der Waals surface area (Å²) >= 11 is 0. The number of benzene rings is 3. The van der Waals surface area contributed by atoms with Gasteiger partial charge < -0.3 is 10.1 Å². The summed E-state index contributed by atoms with van der Waals surface area (Å²) in [6.07, 6.45) is 0.920. The maximum Gasteiger partial charge on any atom is 0.261 e. The van der Waals surface area contributed by atoms with E-state index in [0.717, 1.165) is 28.5 Å². The Balaban J connectivity index is 1.77. The highest BCUT2D eigenvalue weighted by Crippen LogP contribution is 2.27. The van der Waals surface area contributed by atoms with Crippen molar-refractivity contribution in [2.75, 3.05) is 0 Å². The van der Waals surface area contributed by atoms with E-state index < -0.39 is 6.10 Å². The van der Waals surface area contributed by atoms with Crippen molar-refractivity contribution < 1.29 is 9.53 Å². The molecule has 0 unspecified atom stereocenters. The molecule has 0 aromatic heterocycles. The van der Waals surface area contributed by atoms with Crippen molar-refractivity contribution in [1.82, 2.24) is 5.32 Å². The van der Waals surface area contributed by atoms with Gasteiger partial charge in [0.1, 0.15) is 5.75 Å². The van der Waals surface area contributed by atoms with Gasteiger partial charge in [-0.05, 0) is 54.8 Å². The minimum Gasteiger partial charge on any atom is -0.480 e. The van der Waals surface area contributed by atoms with Crippen molar-refractivity contribution in [2.24, 2.45) is 0 Å². The third-order valence-electron chi connectivity index (χ3n) is 5.34. The van der Waals surface area contributed by atoms with Gasteiger partial charge in [-0.2, -0.15) is 0 Å². The molecule has 1 N–H and O–H groups in total. The first-order valence-electron chi connectivity index (χ1n) is 10.1. The quantitative estimate of drug-likeness (QED) is 0.560. The second-order valence-electron chi connectivity index (χ2n) is 7.31. The Morgan fingerprint density at radius 3 is 2.39 bits per heavy atom. The number of hydrogen-bond acceptors (Lipinski definition) is 2. The average molecular weight is 376 g/mol. The summed E-state index contributed by atoms with van der Waals surface area (Å²) in [4.78, 5) is 13.0. The Bertz CT molecular complexity index is 958. The van der Waals surface area contributed by atoms with E-state index >= 15 is 0 Å². The van der Waals surface area contributed by atoms with E-state index in [-0.39, 0.29) is 11.9 Å². The molecule has 146 valence electrons. The summed E-state index contributed by atoms with van der Waals surface area (Å²) < 4.78 is 6.15. The molecule has 3 aromatic carbocycles. The number of carbonyl (C=O) groups excluding carboxylic acids is 1. The third kappa shape index (κ3) is 4.36. The molecule has 0 heterocycles. The Labute approximate surface area is 167 Å². The largest absolute Gasteiger partial charge is 0.480 e. The molecule has 28 heavy (non-hydrogen) atoms. The predicted molar refractivity (Wildman–Crippen MR) is 116 cm³/mol. The molecule has 0 aliphatic heterocycles. The highest BCUT2D eigenvalue weighted by molar-refractivity contribution is 5.89. The molecule has 0 saturated carbocycles. The van der Waals surface area contributed by atoms with E-state index in [1.807, 2.05) is 37.3 Å². The summed E-state index contributed by atoms with van der Waals surface area (Å²) in [5, 5.41) is 5.32. The number of aryl methyl sites for hydroxylation is 2. The zero-order valence-electron chi connectivity index (χ0n) is 17.2. The van der Waals surface area contributed by atoms with Crippen molar-refractivity contribution in [3.05, 3.63) is 77.4 Å². The van der Waals surface area contributed by atoms with E-state index in [9.17, 15) is 4.79 Å². The van der Waals surface area contributed by atoms with E-state index in [0.29, 0.717) is 6.42 Å². The minimum atomic E-state index is -0.522. The van der Waals surface area contributed by atoms with Crippen LogP contribution in [0.1, 0.15) is 49.4 Å². The Hall–Kier alpha value is -2.81. The van der Waals surface area contributed by atoms with Crippen LogP contribution in [0.2, 0.25) is 0 Å². The molecule has 3 nitrogen and oxygen atoms in total. The Morgan fingerprint density at radius 1 is 0.929 bits per heavy atom. The zero-order chi connectivity index (χ0) is 20.1. The summed E-state index contributed by atoms with van der Waals surface area (Å²) in [6.45, 7) is 8.27. The molecule has 3 rings (SSSR count). The van der Waals surface area contributed by atoms with Gasteiger partial charge in [0, 0.05) is 5.39 Å². The molecule has 0 spiro atoms. The Kier molecular flexibility index (Phi) is 6.35. The molecule has 0 fully saturated rings. The van der Waals surface area contributed by atoms with Crippen LogP contribution < -0.4 is 10.1 Å². The van der Waals surface area contributed by atoms with E-state index in [4.69, 9.17) is 4.74 Å². The molecular formula is C25H29NO2. The van der Waals surface area contributed by atoms with Crippen LogP contribution in [-0.4, -0.2) is 12.0 Å². The SMILES string of the molecule is CC[C@H](NC(=O)[C@@H](CC)Oc1cccc2ccccc12)c1ccc(C)c(C)c1. The van der Waals surface area contributed by atoms with Crippen molar-refractivity contribution in [3.8, 4) is 5.75 Å². The van der Waals surface area contributed by atoms with Crippen LogP contribution >= 0.6 is 0 Å². The molecule has 0 aliphatic rings. The molecule has 3 heteroatoms. The molecule has 2 atom stereocenters. The number of amides is 1. The van der Waals surface area contributed by atoms with Gasteiger partial charge in [-0.15, -0.1) is 0 Å². The second-order valence-corrected chi connectivity index (χ2v) is 7.31. The van der Waals surface area contributed by atoms with Gasteiger partial charge in [0.25, 0.3) is 5.91 Å². The summed E-state index contributed by atoms with van der Waals surface area (Å²) in [5.41, 5.74) is 3.64. The number of ether oxygens (including phenoxy) is 1. The van der Waals surface area contributed by atoms with Crippen molar-refractivity contribution >= 4 is 16.7 Å². The fourth-order valence-corrected chi connectivity index (χ4v) is 3.44. The highest BCUT2D eigenvalue weighted by atomic mass is 16.5. The first kappa shape index (κ1) is 19.9. The first-order chi connectivity index (χ1) is 13.5. The van der Waals surface area contributed by atoms with E-state index in [1.165, 1.54) is 11.1 Å². The van der Waals surface area contributed by atoms with Crippen LogP contribution in [0.5, 0.6) is 5.75 Å². The number of fused-ring (bicyclic) bond motifs is 1. The van der Waals surface area contributed by atoms with Gasteiger partial charge >= 0.3 is 0 Å². The summed E-state index contributed by atoms with van der Waals surface area (Å²) in [6, 6.07) is 20.4. The number of nitrogens with one attached hydrogen (secondary N) is 1. The van der Waals surface area contributed by atoms with Crippen LogP contribution in [0.15, 0.2) is 60.7 Å². The van der Waals surface area contributed by atoms with Crippen molar-refractivity contribution in [3.63, 3.8) is 0 Å². The van der Waals surface area contributed by atoms with Gasteiger partial charge in [0.2, 0.25) is 0 Å². The zero-order valence-corrected chi connectivity index (χ0v) is 17.2. The van der Waals surface area contributed by atoms with E-state index in [1.54, 1.807) is 0 Å². The average Bonchev–Trinajstić information content (AvgIpc) is 2.72. The second kappa shape index (κ2) is 8.92. The van der Waals surface area contributed by atoms with Gasteiger partial charge in [-0.3, -0.25) is 4.79 Å². The molecule has 0 saturated heterocycles.